The minimum absolute atomic E-state index is 0.0415. The second-order valence-corrected chi connectivity index (χ2v) is 7.22. The Hall–Kier alpha value is -2.83. The van der Waals surface area contributed by atoms with Crippen LogP contribution in [0.1, 0.15) is 40.8 Å². The Kier molecular flexibility index (Phi) is 4.83. The van der Waals surface area contributed by atoms with Crippen molar-refractivity contribution in [3.63, 3.8) is 0 Å². The molecule has 142 valence electrons. The van der Waals surface area contributed by atoms with Crippen LogP contribution in [0, 0.1) is 12.8 Å². The smallest absolute Gasteiger partial charge is 0.318 e. The molecule has 0 unspecified atom stereocenters. The van der Waals surface area contributed by atoms with Gasteiger partial charge in [0, 0.05) is 31.9 Å². The second-order valence-electron chi connectivity index (χ2n) is 7.22. The zero-order valence-corrected chi connectivity index (χ0v) is 15.4. The molecule has 3 heterocycles. The van der Waals surface area contributed by atoms with E-state index < -0.39 is 0 Å². The summed E-state index contributed by atoms with van der Waals surface area (Å²) in [5, 5.41) is 3.17. The van der Waals surface area contributed by atoms with Gasteiger partial charge in [0.15, 0.2) is 5.76 Å². The van der Waals surface area contributed by atoms with Crippen LogP contribution in [0.5, 0.6) is 0 Å². The van der Waals surface area contributed by atoms with Crippen LogP contribution in [-0.4, -0.2) is 52.9 Å². The molecule has 1 aliphatic carbocycles. The lowest BCUT2D eigenvalue weighted by molar-refractivity contribution is 0.0632. The Bertz CT molecular complexity index is 808. The number of amides is 3. The maximum Gasteiger partial charge on any atom is 0.318 e. The van der Waals surface area contributed by atoms with Crippen LogP contribution in [0.2, 0.25) is 0 Å². The molecule has 1 saturated carbocycles. The van der Waals surface area contributed by atoms with Gasteiger partial charge in [-0.05, 0) is 49.9 Å². The van der Waals surface area contributed by atoms with E-state index in [0.29, 0.717) is 37.9 Å². The predicted molar refractivity (Wildman–Crippen MR) is 99.2 cm³/mol. The summed E-state index contributed by atoms with van der Waals surface area (Å²) in [5.41, 5.74) is 1.88. The van der Waals surface area contributed by atoms with E-state index in [2.05, 4.69) is 10.3 Å². The summed E-state index contributed by atoms with van der Waals surface area (Å²) >= 11 is 0. The molecule has 0 radical (unpaired) electrons. The van der Waals surface area contributed by atoms with E-state index in [9.17, 15) is 9.59 Å². The molecular weight excluding hydrogens is 344 g/mol. The highest BCUT2D eigenvalue weighted by Gasteiger charge is 2.36. The number of urea groups is 1. The molecule has 7 heteroatoms. The molecule has 4 rings (SSSR count). The topological polar surface area (TPSA) is 78.7 Å². The van der Waals surface area contributed by atoms with E-state index >= 15 is 0 Å². The quantitative estimate of drug-likeness (QED) is 0.900. The van der Waals surface area contributed by atoms with Crippen molar-refractivity contribution in [3.05, 3.63) is 53.7 Å². The lowest BCUT2D eigenvalue weighted by Crippen LogP contribution is -2.53. The first-order valence-corrected chi connectivity index (χ1v) is 9.43. The van der Waals surface area contributed by atoms with Gasteiger partial charge in [-0.1, -0.05) is 6.07 Å². The number of aryl methyl sites for hydroxylation is 1. The number of aromatic nitrogens is 1. The average Bonchev–Trinajstić information content (AvgIpc) is 3.38. The van der Waals surface area contributed by atoms with Gasteiger partial charge in [-0.15, -0.1) is 0 Å². The number of piperazine rings is 1. The normalized spacial score (nSPS) is 18.3. The zero-order valence-electron chi connectivity index (χ0n) is 15.4. The van der Waals surface area contributed by atoms with Crippen LogP contribution in [0.3, 0.4) is 0 Å². The van der Waals surface area contributed by atoms with E-state index in [1.807, 2.05) is 25.1 Å². The second kappa shape index (κ2) is 7.42. The maximum absolute atomic E-state index is 12.8. The first-order valence-electron chi connectivity index (χ1n) is 9.43. The fourth-order valence-electron chi connectivity index (χ4n) is 3.49. The Labute approximate surface area is 158 Å². The minimum atomic E-state index is -0.125. The summed E-state index contributed by atoms with van der Waals surface area (Å²) in [5.74, 6) is 0.678. The first kappa shape index (κ1) is 17.6. The highest BCUT2D eigenvalue weighted by Crippen LogP contribution is 2.40. The van der Waals surface area contributed by atoms with Crippen molar-refractivity contribution in [2.45, 2.75) is 25.8 Å². The van der Waals surface area contributed by atoms with Crippen molar-refractivity contribution < 1.29 is 14.0 Å². The summed E-state index contributed by atoms with van der Waals surface area (Å²) in [6, 6.07) is 9.17. The third-order valence-corrected chi connectivity index (χ3v) is 5.19. The van der Waals surface area contributed by atoms with E-state index in [1.165, 1.54) is 6.26 Å². The summed E-state index contributed by atoms with van der Waals surface area (Å²) in [6.07, 6.45) is 3.73. The molecule has 0 bridgehead atoms. The van der Waals surface area contributed by atoms with Gasteiger partial charge in [0.1, 0.15) is 0 Å². The molecular formula is C20H24N4O3. The number of hydrogen-bond acceptors (Lipinski definition) is 4. The standard InChI is InChI=1S/C20H24N4O3/c1-14-4-2-5-16(21-14)18(15-7-8-15)22-20(26)24-11-9-23(10-12-24)19(25)17-6-3-13-27-17/h2-6,13,15,18H,7-12H2,1H3,(H,22,26)/t18-/m0/s1. The third kappa shape index (κ3) is 3.97. The fraction of sp³-hybridized carbons (Fsp3) is 0.450. The van der Waals surface area contributed by atoms with Crippen LogP contribution in [0.15, 0.2) is 41.0 Å². The lowest BCUT2D eigenvalue weighted by Gasteiger charge is -2.35. The zero-order chi connectivity index (χ0) is 18.8. The van der Waals surface area contributed by atoms with Gasteiger partial charge >= 0.3 is 6.03 Å². The van der Waals surface area contributed by atoms with Crippen molar-refractivity contribution in [2.24, 2.45) is 5.92 Å². The van der Waals surface area contributed by atoms with Crippen molar-refractivity contribution in [3.8, 4) is 0 Å². The number of pyridine rings is 1. The largest absolute Gasteiger partial charge is 0.459 e. The molecule has 2 fully saturated rings. The molecule has 0 aromatic carbocycles. The molecule has 2 aliphatic rings. The minimum Gasteiger partial charge on any atom is -0.459 e. The van der Waals surface area contributed by atoms with Gasteiger partial charge in [0.25, 0.3) is 5.91 Å². The fourth-order valence-corrected chi connectivity index (χ4v) is 3.49. The maximum atomic E-state index is 12.8. The molecule has 0 spiro atoms. The molecule has 1 N–H and O–H groups in total. The van der Waals surface area contributed by atoms with Gasteiger partial charge in [-0.25, -0.2) is 4.79 Å². The average molecular weight is 368 g/mol. The number of furan rings is 1. The highest BCUT2D eigenvalue weighted by atomic mass is 16.3. The van der Waals surface area contributed by atoms with Crippen molar-refractivity contribution in [1.82, 2.24) is 20.1 Å². The summed E-state index contributed by atoms with van der Waals surface area (Å²) in [6.45, 7) is 3.99. The Morgan fingerprint density at radius 1 is 1.11 bits per heavy atom. The molecule has 1 saturated heterocycles. The van der Waals surface area contributed by atoms with E-state index in [-0.39, 0.29) is 18.0 Å². The molecule has 1 aliphatic heterocycles. The van der Waals surface area contributed by atoms with Gasteiger partial charge in [-0.2, -0.15) is 0 Å². The van der Waals surface area contributed by atoms with Crippen molar-refractivity contribution in [2.75, 3.05) is 26.2 Å². The molecule has 2 aromatic rings. The molecule has 7 nitrogen and oxygen atoms in total. The van der Waals surface area contributed by atoms with E-state index in [1.54, 1.807) is 21.9 Å². The number of carbonyl (C=O) groups is 2. The van der Waals surface area contributed by atoms with Crippen LogP contribution in [-0.2, 0) is 0 Å². The SMILES string of the molecule is Cc1cccc([C@@H](NC(=O)N2CCN(C(=O)c3ccco3)CC2)C2CC2)n1. The van der Waals surface area contributed by atoms with E-state index in [4.69, 9.17) is 4.42 Å². The van der Waals surface area contributed by atoms with Gasteiger partial charge in [0.2, 0.25) is 0 Å². The molecule has 27 heavy (non-hydrogen) atoms. The molecule has 2 aromatic heterocycles. The predicted octanol–water partition coefficient (Wildman–Crippen LogP) is 2.60. The van der Waals surface area contributed by atoms with Gasteiger partial charge < -0.3 is 19.5 Å². The first-order chi connectivity index (χ1) is 13.1. The Morgan fingerprint density at radius 3 is 2.48 bits per heavy atom. The monoisotopic (exact) mass is 368 g/mol. The van der Waals surface area contributed by atoms with Crippen molar-refractivity contribution >= 4 is 11.9 Å². The van der Waals surface area contributed by atoms with Gasteiger partial charge in [-0.3, -0.25) is 9.78 Å². The van der Waals surface area contributed by atoms with Crippen molar-refractivity contribution in [1.29, 1.82) is 0 Å². The number of nitrogens with one attached hydrogen (secondary N) is 1. The number of hydrogen-bond donors (Lipinski definition) is 1. The van der Waals surface area contributed by atoms with Crippen LogP contribution >= 0.6 is 0 Å². The summed E-state index contributed by atoms with van der Waals surface area (Å²) in [7, 11) is 0. The third-order valence-electron chi connectivity index (χ3n) is 5.19. The Morgan fingerprint density at radius 2 is 1.85 bits per heavy atom. The summed E-state index contributed by atoms with van der Waals surface area (Å²) < 4.78 is 5.18. The van der Waals surface area contributed by atoms with E-state index in [0.717, 1.165) is 24.2 Å². The van der Waals surface area contributed by atoms with Crippen LogP contribution < -0.4 is 5.32 Å². The summed E-state index contributed by atoms with van der Waals surface area (Å²) in [4.78, 5) is 33.2. The number of carbonyl (C=O) groups excluding carboxylic acids is 2. The molecule has 3 amide bonds. The van der Waals surface area contributed by atoms with Crippen LogP contribution in [0.4, 0.5) is 4.79 Å². The van der Waals surface area contributed by atoms with Gasteiger partial charge in [0.05, 0.1) is 18.0 Å². The highest BCUT2D eigenvalue weighted by molar-refractivity contribution is 5.91. The number of nitrogens with zero attached hydrogens (tertiary/aromatic N) is 3. The number of rotatable bonds is 4. The van der Waals surface area contributed by atoms with Crippen LogP contribution in [0.25, 0.3) is 0 Å². The molecule has 1 atom stereocenters. The Balaban J connectivity index is 1.35. The lowest BCUT2D eigenvalue weighted by atomic mass is 10.1.